The molecule has 6 rings (SSSR count). The highest BCUT2D eigenvalue weighted by Gasteiger charge is 2.44. The number of anilines is 1. The molecule has 0 atom stereocenters. The maximum atomic E-state index is 14.0. The second kappa shape index (κ2) is 11.5. The van der Waals surface area contributed by atoms with Gasteiger partial charge in [0.1, 0.15) is 4.88 Å². The van der Waals surface area contributed by atoms with Gasteiger partial charge in [0.15, 0.2) is 5.65 Å². The van der Waals surface area contributed by atoms with Gasteiger partial charge in [0.2, 0.25) is 5.91 Å². The van der Waals surface area contributed by atoms with Crippen LogP contribution in [0.1, 0.15) is 48.2 Å². The minimum atomic E-state index is -4.27. The van der Waals surface area contributed by atoms with Crippen molar-refractivity contribution in [3.8, 4) is 21.7 Å². The van der Waals surface area contributed by atoms with Crippen LogP contribution in [0.25, 0.3) is 27.3 Å². The van der Waals surface area contributed by atoms with E-state index in [1.54, 1.807) is 27.7 Å². The first-order valence-electron chi connectivity index (χ1n) is 13.9. The summed E-state index contributed by atoms with van der Waals surface area (Å²) in [6.45, 7) is 0.851. The number of ether oxygens (including phenoxy) is 1. The summed E-state index contributed by atoms with van der Waals surface area (Å²) in [6.07, 6.45) is 0.338. The van der Waals surface area contributed by atoms with Gasteiger partial charge in [-0.1, -0.05) is 24.3 Å². The predicted octanol–water partition coefficient (Wildman–Crippen LogP) is 6.70. The number of hydrogen-bond acceptors (Lipinski definition) is 6. The number of carbonyl (C=O) groups is 2. The van der Waals surface area contributed by atoms with Crippen molar-refractivity contribution in [3.63, 3.8) is 0 Å². The van der Waals surface area contributed by atoms with Crippen LogP contribution < -0.4 is 4.90 Å². The first-order valence-corrected chi connectivity index (χ1v) is 14.8. The second-order valence-corrected chi connectivity index (χ2v) is 11.9. The van der Waals surface area contributed by atoms with Gasteiger partial charge in [-0.2, -0.15) is 18.3 Å². The zero-order valence-electron chi connectivity index (χ0n) is 22.6. The van der Waals surface area contributed by atoms with Crippen LogP contribution in [0.5, 0.6) is 0 Å². The molecular weight excluding hydrogens is 569 g/mol. The lowest BCUT2D eigenvalue weighted by Gasteiger charge is -2.38. The average molecular weight is 599 g/mol. The van der Waals surface area contributed by atoms with E-state index in [1.165, 1.54) is 0 Å². The van der Waals surface area contributed by atoms with Crippen LogP contribution in [0.3, 0.4) is 0 Å². The van der Waals surface area contributed by atoms with Gasteiger partial charge in [0.25, 0.3) is 0 Å². The summed E-state index contributed by atoms with van der Waals surface area (Å²) in [5.74, 6) is -3.44. The van der Waals surface area contributed by atoms with E-state index in [9.17, 15) is 27.9 Å². The molecule has 0 bridgehead atoms. The van der Waals surface area contributed by atoms with Crippen LogP contribution in [0, 0.1) is 11.8 Å². The number of alkyl halides is 3. The number of thiophene rings is 1. The lowest BCUT2D eigenvalue weighted by molar-refractivity contribution is -0.184. The molecular formula is C30H29F3N4O4S. The number of hydrogen-bond donors (Lipinski definition) is 1. The van der Waals surface area contributed by atoms with Crippen molar-refractivity contribution < 1.29 is 32.6 Å². The third-order valence-electron chi connectivity index (χ3n) is 8.20. The van der Waals surface area contributed by atoms with Crippen molar-refractivity contribution in [3.05, 3.63) is 59.7 Å². The molecule has 1 aliphatic carbocycles. The molecule has 12 heteroatoms. The van der Waals surface area contributed by atoms with Gasteiger partial charge in [-0.3, -0.25) is 4.79 Å². The second-order valence-electron chi connectivity index (χ2n) is 10.8. The van der Waals surface area contributed by atoms with Crippen molar-refractivity contribution >= 4 is 34.5 Å². The zero-order chi connectivity index (χ0) is 29.4. The summed E-state index contributed by atoms with van der Waals surface area (Å²) in [5, 5.41) is 14.7. The average Bonchev–Trinajstić information content (AvgIpc) is 3.63. The summed E-state index contributed by atoms with van der Waals surface area (Å²) in [7, 11) is 0. The predicted molar refractivity (Wildman–Crippen MR) is 152 cm³/mol. The van der Waals surface area contributed by atoms with Gasteiger partial charge in [-0.25, -0.2) is 14.3 Å². The first-order chi connectivity index (χ1) is 20.2. The lowest BCUT2D eigenvalue weighted by Crippen LogP contribution is -2.47. The highest BCUT2D eigenvalue weighted by Crippen LogP contribution is 2.43. The van der Waals surface area contributed by atoms with Crippen molar-refractivity contribution in [1.29, 1.82) is 0 Å². The number of amides is 1. The van der Waals surface area contributed by atoms with Gasteiger partial charge < -0.3 is 14.7 Å². The van der Waals surface area contributed by atoms with Crippen molar-refractivity contribution in [2.24, 2.45) is 11.8 Å². The molecule has 0 radical (unpaired) electrons. The fourth-order valence-corrected chi connectivity index (χ4v) is 6.93. The van der Waals surface area contributed by atoms with Gasteiger partial charge in [-0.15, -0.1) is 11.3 Å². The Kier molecular flexibility index (Phi) is 7.75. The summed E-state index contributed by atoms with van der Waals surface area (Å²) in [4.78, 5) is 33.0. The fraction of sp³-hybridized carbons (Fsp3) is 0.400. The van der Waals surface area contributed by atoms with Gasteiger partial charge in [-0.05, 0) is 56.2 Å². The summed E-state index contributed by atoms with van der Waals surface area (Å²) in [6, 6.07) is 12.7. The minimum Gasteiger partial charge on any atom is -0.477 e. The molecule has 4 heterocycles. The van der Waals surface area contributed by atoms with Crippen LogP contribution in [-0.4, -0.2) is 57.0 Å². The van der Waals surface area contributed by atoms with E-state index in [4.69, 9.17) is 4.74 Å². The van der Waals surface area contributed by atoms with Crippen LogP contribution in [0.15, 0.2) is 54.9 Å². The summed E-state index contributed by atoms with van der Waals surface area (Å²) >= 11 is 1.08. The summed E-state index contributed by atoms with van der Waals surface area (Å²) < 4.78 is 47.0. The number of fused-ring (bicyclic) bond motifs is 1. The van der Waals surface area contributed by atoms with E-state index >= 15 is 0 Å². The number of carboxylic acid groups (broad SMARTS) is 1. The van der Waals surface area contributed by atoms with E-state index in [1.807, 2.05) is 36.5 Å². The Hall–Kier alpha value is -3.77. The molecule has 220 valence electrons. The van der Waals surface area contributed by atoms with Crippen molar-refractivity contribution in [1.82, 2.24) is 14.6 Å². The number of aromatic carboxylic acids is 1. The molecule has 1 saturated heterocycles. The van der Waals surface area contributed by atoms with Crippen LogP contribution in [0.2, 0.25) is 0 Å². The maximum Gasteiger partial charge on any atom is 0.391 e. The molecule has 1 amide bonds. The molecule has 0 unspecified atom stereocenters. The number of nitrogens with zero attached hydrogens (tertiary/aromatic N) is 4. The first kappa shape index (κ1) is 28.4. The molecule has 42 heavy (non-hydrogen) atoms. The normalized spacial score (nSPS) is 20.1. The maximum absolute atomic E-state index is 14.0. The summed E-state index contributed by atoms with van der Waals surface area (Å²) in [5.41, 5.74) is 3.41. The SMILES string of the molecule is O=C(O)c1sc(-c2ccc(-c3cc4ncccn4n3)cc2)cc1N(C(=O)[C@H]1CC[C@H](C(F)(F)F)CC1)C1CCOCC1. The quantitative estimate of drug-likeness (QED) is 0.265. The van der Waals surface area contributed by atoms with Crippen molar-refractivity contribution in [2.45, 2.75) is 50.7 Å². The molecule has 8 nitrogen and oxygen atoms in total. The monoisotopic (exact) mass is 598 g/mol. The Morgan fingerprint density at radius 3 is 2.33 bits per heavy atom. The van der Waals surface area contributed by atoms with Gasteiger partial charge in [0, 0.05) is 54.1 Å². The van der Waals surface area contributed by atoms with E-state index < -0.39 is 24.0 Å². The topological polar surface area (TPSA) is 97.0 Å². The minimum absolute atomic E-state index is 0.0318. The van der Waals surface area contributed by atoms with E-state index in [0.29, 0.717) is 36.6 Å². The third-order valence-corrected chi connectivity index (χ3v) is 9.36. The smallest absolute Gasteiger partial charge is 0.391 e. The Bertz CT molecular complexity index is 1550. The molecule has 2 fully saturated rings. The number of carboxylic acids is 1. The fourth-order valence-electron chi connectivity index (χ4n) is 5.94. The molecule has 1 N–H and O–H groups in total. The molecule has 1 saturated carbocycles. The van der Waals surface area contributed by atoms with Gasteiger partial charge in [0.05, 0.1) is 17.3 Å². The largest absolute Gasteiger partial charge is 0.477 e. The Morgan fingerprint density at radius 1 is 1.00 bits per heavy atom. The Morgan fingerprint density at radius 2 is 1.69 bits per heavy atom. The highest BCUT2D eigenvalue weighted by atomic mass is 32.1. The number of carbonyl (C=O) groups excluding carboxylic acids is 1. The van der Waals surface area contributed by atoms with E-state index in [0.717, 1.165) is 33.8 Å². The Balaban J connectivity index is 1.31. The third kappa shape index (κ3) is 5.65. The number of benzene rings is 1. The van der Waals surface area contributed by atoms with Gasteiger partial charge >= 0.3 is 12.1 Å². The molecule has 0 spiro atoms. The van der Waals surface area contributed by atoms with E-state index in [-0.39, 0.29) is 42.5 Å². The van der Waals surface area contributed by atoms with E-state index in [2.05, 4.69) is 10.1 Å². The molecule has 3 aromatic heterocycles. The van der Waals surface area contributed by atoms with Crippen LogP contribution in [-0.2, 0) is 9.53 Å². The van der Waals surface area contributed by atoms with Crippen LogP contribution in [0.4, 0.5) is 18.9 Å². The number of rotatable bonds is 6. The molecule has 4 aromatic rings. The highest BCUT2D eigenvalue weighted by molar-refractivity contribution is 7.18. The number of halogens is 3. The zero-order valence-corrected chi connectivity index (χ0v) is 23.4. The standard InChI is InChI=1S/C30H29F3N4O4S/c31-30(32,33)21-8-6-20(7-9-21)28(38)37(22-10-14-41-15-11-22)24-17-25(42-27(24)29(39)40)19-4-2-18(3-5-19)23-16-26-34-12-1-13-36(26)35-23/h1-5,12-13,16-17,20-22H,6-11,14-15H2,(H,39,40)/t20-,21-. The number of aromatic nitrogens is 3. The molecule has 1 aliphatic heterocycles. The molecule has 2 aliphatic rings. The molecule has 1 aromatic carbocycles. The van der Waals surface area contributed by atoms with Crippen LogP contribution >= 0.6 is 11.3 Å². The Labute approximate surface area is 243 Å². The van der Waals surface area contributed by atoms with Crippen molar-refractivity contribution in [2.75, 3.05) is 18.1 Å². The lowest BCUT2D eigenvalue weighted by atomic mass is 9.80.